The van der Waals surface area contributed by atoms with E-state index in [-0.39, 0.29) is 35.9 Å². The number of carbonyl (C=O) groups is 3. The number of carbonyl (C=O) groups excluding carboxylic acids is 3. The smallest absolute Gasteiger partial charge is 0.306 e. The molecule has 0 amide bonds. The van der Waals surface area contributed by atoms with Crippen LogP contribution in [0.3, 0.4) is 0 Å². The summed E-state index contributed by atoms with van der Waals surface area (Å²) >= 11 is 0. The highest BCUT2D eigenvalue weighted by Gasteiger charge is 2.67. The number of esters is 1. The van der Waals surface area contributed by atoms with Gasteiger partial charge in [0.2, 0.25) is 5.78 Å². The second-order valence-corrected chi connectivity index (χ2v) is 13.5. The molecule has 1 unspecified atom stereocenters. The van der Waals surface area contributed by atoms with Crippen LogP contribution in [-0.2, 0) is 33.4 Å². The monoisotopic (exact) mass is 568 g/mol. The summed E-state index contributed by atoms with van der Waals surface area (Å²) in [7, 11) is -4.23. The van der Waals surface area contributed by atoms with Gasteiger partial charge in [-0.15, -0.1) is 0 Å². The molecule has 0 bridgehead atoms. The summed E-state index contributed by atoms with van der Waals surface area (Å²) in [5.41, 5.74) is 0.523. The lowest BCUT2D eigenvalue weighted by atomic mass is 9.52. The van der Waals surface area contributed by atoms with Crippen molar-refractivity contribution in [2.75, 3.05) is 6.61 Å². The summed E-state index contributed by atoms with van der Waals surface area (Å²) in [6, 6.07) is 6.12. The van der Waals surface area contributed by atoms with Crippen LogP contribution in [0.2, 0.25) is 0 Å². The highest BCUT2D eigenvalue weighted by molar-refractivity contribution is 7.86. The number of aliphatic hydroxyl groups is 1. The number of fused-ring (bicyclic) bond motifs is 4. The number of hydrogen-bond acceptors (Lipinski definition) is 8. The van der Waals surface area contributed by atoms with E-state index in [4.69, 9.17) is 8.92 Å². The molecule has 5 atom stereocenters. The van der Waals surface area contributed by atoms with Gasteiger partial charge in [-0.25, -0.2) is 0 Å². The third-order valence-corrected chi connectivity index (χ3v) is 10.9. The Morgan fingerprint density at radius 1 is 1.12 bits per heavy atom. The predicted octanol–water partition coefficient (Wildman–Crippen LogP) is 4.30. The highest BCUT2D eigenvalue weighted by atomic mass is 32.2. The van der Waals surface area contributed by atoms with Crippen molar-refractivity contribution in [3.05, 3.63) is 64.8 Å². The number of allylic oxidation sites excluding steroid dienone is 5. The predicted molar refractivity (Wildman–Crippen MR) is 146 cm³/mol. The average molecular weight is 569 g/mol. The van der Waals surface area contributed by atoms with Crippen LogP contribution in [0, 0.1) is 23.7 Å². The van der Waals surface area contributed by atoms with Gasteiger partial charge >= 0.3 is 5.97 Å². The van der Waals surface area contributed by atoms with Crippen LogP contribution in [0.1, 0.15) is 64.9 Å². The summed E-state index contributed by atoms with van der Waals surface area (Å²) in [6.45, 7) is 6.55. The highest BCUT2D eigenvalue weighted by Crippen LogP contribution is 2.65. The quantitative estimate of drug-likeness (QED) is 0.293. The van der Waals surface area contributed by atoms with Crippen molar-refractivity contribution in [1.29, 1.82) is 0 Å². The molecule has 5 rings (SSSR count). The minimum Gasteiger partial charge on any atom is -0.450 e. The van der Waals surface area contributed by atoms with Crippen LogP contribution >= 0.6 is 0 Å². The van der Waals surface area contributed by atoms with Gasteiger partial charge in [0.15, 0.2) is 11.4 Å². The zero-order chi connectivity index (χ0) is 29.1. The summed E-state index contributed by atoms with van der Waals surface area (Å²) in [5.74, 6) is -1.43. The zero-order valence-electron chi connectivity index (χ0n) is 23.4. The molecule has 1 N–H and O–H groups in total. The maximum absolute atomic E-state index is 14.0. The molecule has 214 valence electrons. The summed E-state index contributed by atoms with van der Waals surface area (Å²) in [5, 5.41) is 11.6. The summed E-state index contributed by atoms with van der Waals surface area (Å²) in [6.07, 6.45) is 6.31. The van der Waals surface area contributed by atoms with E-state index in [1.165, 1.54) is 18.2 Å². The third kappa shape index (κ3) is 4.33. The van der Waals surface area contributed by atoms with Crippen molar-refractivity contribution < 1.29 is 36.8 Å². The Morgan fingerprint density at radius 3 is 2.50 bits per heavy atom. The Labute approximate surface area is 235 Å². The molecule has 4 aliphatic carbocycles. The fraction of sp³-hybridized carbons (Fsp3) is 0.516. The van der Waals surface area contributed by atoms with Crippen LogP contribution in [0.4, 0.5) is 0 Å². The number of benzene rings is 1. The Morgan fingerprint density at radius 2 is 1.82 bits per heavy atom. The molecular weight excluding hydrogens is 532 g/mol. The van der Waals surface area contributed by atoms with E-state index in [9.17, 15) is 27.9 Å². The molecule has 0 heterocycles. The number of Topliss-reactive ketones (excluding diaryl/α,β-unsaturated/α-hetero) is 1. The molecular formula is C31H36O8S. The van der Waals surface area contributed by atoms with Crippen LogP contribution in [0.5, 0.6) is 0 Å². The zero-order valence-corrected chi connectivity index (χ0v) is 24.2. The van der Waals surface area contributed by atoms with Gasteiger partial charge in [-0.1, -0.05) is 48.8 Å². The molecule has 8 nitrogen and oxygen atoms in total. The lowest BCUT2D eigenvalue weighted by Gasteiger charge is -2.54. The van der Waals surface area contributed by atoms with Crippen molar-refractivity contribution in [3.8, 4) is 0 Å². The lowest BCUT2D eigenvalue weighted by Crippen LogP contribution is -2.59. The number of aliphatic hydroxyl groups excluding tert-OH is 1. The maximum atomic E-state index is 14.0. The van der Waals surface area contributed by atoms with Crippen molar-refractivity contribution >= 4 is 27.7 Å². The molecule has 0 saturated heterocycles. The molecule has 1 fully saturated rings. The fourth-order valence-electron chi connectivity index (χ4n) is 7.55. The van der Waals surface area contributed by atoms with Gasteiger partial charge in [-0.05, 0) is 81.7 Å². The van der Waals surface area contributed by atoms with Crippen molar-refractivity contribution in [2.45, 2.75) is 82.8 Å². The van der Waals surface area contributed by atoms with Crippen LogP contribution in [0.25, 0.3) is 0 Å². The van der Waals surface area contributed by atoms with E-state index in [1.807, 2.05) is 26.8 Å². The van der Waals surface area contributed by atoms with E-state index < -0.39 is 51.0 Å². The molecule has 0 aliphatic heterocycles. The van der Waals surface area contributed by atoms with E-state index in [0.717, 1.165) is 22.3 Å². The molecule has 1 saturated carbocycles. The first-order valence-corrected chi connectivity index (χ1v) is 15.3. The molecule has 0 aromatic heterocycles. The Kier molecular flexibility index (Phi) is 7.08. The van der Waals surface area contributed by atoms with Gasteiger partial charge in [-0.2, -0.15) is 8.42 Å². The van der Waals surface area contributed by atoms with Crippen molar-refractivity contribution in [2.24, 2.45) is 16.7 Å². The number of aryl methyl sites for hydroxylation is 1. The Hall–Kier alpha value is -2.88. The largest absolute Gasteiger partial charge is 0.450 e. The molecule has 0 spiro atoms. The van der Waals surface area contributed by atoms with Gasteiger partial charge in [-0.3, -0.25) is 18.6 Å². The molecule has 1 aromatic rings. The van der Waals surface area contributed by atoms with E-state index in [0.29, 0.717) is 19.3 Å². The maximum Gasteiger partial charge on any atom is 0.306 e. The van der Waals surface area contributed by atoms with Crippen molar-refractivity contribution in [3.63, 3.8) is 0 Å². The van der Waals surface area contributed by atoms with Gasteiger partial charge in [0, 0.05) is 17.3 Å². The SMILES string of the molecule is CCC(=O)O[C@]1(C(=O)COS(=O)(=O)c2ccc(C)cc2)CC[C@H]2C3=C(C(O)C[C@@]21C)[C@@]1(C)C=CC(=O)C=C1CC3. The molecule has 0 radical (unpaired) electrons. The van der Waals surface area contributed by atoms with E-state index >= 15 is 0 Å². The van der Waals surface area contributed by atoms with Gasteiger partial charge in [0.05, 0.1) is 11.0 Å². The number of ketones is 2. The number of hydrogen-bond donors (Lipinski definition) is 1. The standard InChI is InChI=1S/C31H36O8S/c1-5-27(35)39-31(26(34)18-38-40(36,37)22-9-6-19(2)7-10-22)15-13-24-23-11-8-20-16-21(32)12-14-29(20,3)28(23)25(33)17-30(24,31)4/h6-7,9-10,12,14,16,24-25,33H,5,8,11,13,15,17-18H2,1-4H3/t24-,25?,29-,30-,31-/m0/s1. The minimum absolute atomic E-state index is 0.0415. The minimum atomic E-state index is -4.23. The number of ether oxygens (including phenoxy) is 1. The van der Waals surface area contributed by atoms with Gasteiger partial charge < -0.3 is 9.84 Å². The first-order chi connectivity index (χ1) is 18.8. The molecule has 9 heteroatoms. The van der Waals surface area contributed by atoms with Crippen LogP contribution in [-0.4, -0.2) is 49.4 Å². The summed E-state index contributed by atoms with van der Waals surface area (Å²) < 4.78 is 37.0. The van der Waals surface area contributed by atoms with Crippen LogP contribution in [0.15, 0.2) is 64.1 Å². The van der Waals surface area contributed by atoms with Crippen LogP contribution < -0.4 is 0 Å². The molecule has 40 heavy (non-hydrogen) atoms. The second-order valence-electron chi connectivity index (χ2n) is 11.9. The average Bonchev–Trinajstić information content (AvgIpc) is 3.19. The molecule has 4 aliphatic rings. The lowest BCUT2D eigenvalue weighted by molar-refractivity contribution is -0.185. The second kappa shape index (κ2) is 9.89. The van der Waals surface area contributed by atoms with Crippen molar-refractivity contribution in [1.82, 2.24) is 0 Å². The number of rotatable bonds is 7. The third-order valence-electron chi connectivity index (χ3n) is 9.66. The summed E-state index contributed by atoms with van der Waals surface area (Å²) in [4.78, 5) is 38.7. The van der Waals surface area contributed by atoms with Gasteiger partial charge in [0.25, 0.3) is 10.1 Å². The van der Waals surface area contributed by atoms with Gasteiger partial charge in [0.1, 0.15) is 6.61 Å². The molecule has 1 aromatic carbocycles. The van der Waals surface area contributed by atoms with E-state index in [1.54, 1.807) is 25.1 Å². The topological polar surface area (TPSA) is 124 Å². The normalized spacial score (nSPS) is 33.1. The van der Waals surface area contributed by atoms with E-state index in [2.05, 4.69) is 0 Å². The first kappa shape index (κ1) is 28.6. The first-order valence-electron chi connectivity index (χ1n) is 13.8. The Balaban J connectivity index is 1.51. The Bertz CT molecular complexity index is 1470. The fourth-order valence-corrected chi connectivity index (χ4v) is 8.42.